The Labute approximate surface area is 173 Å². The number of rotatable bonds is 8. The Hall–Kier alpha value is -2.30. The van der Waals surface area contributed by atoms with Crippen molar-refractivity contribution in [2.24, 2.45) is 0 Å². The largest absolute Gasteiger partial charge is 0.573 e. The lowest BCUT2D eigenvalue weighted by atomic mass is 10.1. The summed E-state index contributed by atoms with van der Waals surface area (Å²) < 4.78 is 74.3. The van der Waals surface area contributed by atoms with E-state index in [0.29, 0.717) is 5.75 Å². The van der Waals surface area contributed by atoms with Crippen molar-refractivity contribution in [3.63, 3.8) is 0 Å². The molecule has 1 atom stereocenters. The molecule has 0 aromatic heterocycles. The fourth-order valence-corrected chi connectivity index (χ4v) is 4.52. The first-order valence-corrected chi connectivity index (χ1v) is 10.9. The maximum absolute atomic E-state index is 12.7. The summed E-state index contributed by atoms with van der Waals surface area (Å²) in [4.78, 5) is 1.90. The van der Waals surface area contributed by atoms with Gasteiger partial charge >= 0.3 is 6.36 Å². The van der Waals surface area contributed by atoms with Crippen LogP contribution >= 0.6 is 0 Å². The molecule has 1 aliphatic heterocycles. The number of hydrogen-bond donors (Lipinski definition) is 1. The molecule has 6 nitrogen and oxygen atoms in total. The zero-order valence-corrected chi connectivity index (χ0v) is 17.2. The maximum Gasteiger partial charge on any atom is 0.573 e. The van der Waals surface area contributed by atoms with Crippen molar-refractivity contribution < 1.29 is 31.1 Å². The number of sulfonamides is 1. The van der Waals surface area contributed by atoms with E-state index in [-0.39, 0.29) is 17.5 Å². The van der Waals surface area contributed by atoms with Crippen LogP contribution in [0, 0.1) is 0 Å². The van der Waals surface area contributed by atoms with E-state index in [1.54, 1.807) is 7.11 Å². The molecule has 0 amide bonds. The third kappa shape index (κ3) is 5.87. The van der Waals surface area contributed by atoms with Crippen LogP contribution in [0.15, 0.2) is 53.4 Å². The Kier molecular flexibility index (Phi) is 6.89. The minimum Gasteiger partial charge on any atom is -0.497 e. The predicted octanol–water partition coefficient (Wildman–Crippen LogP) is 3.71. The van der Waals surface area contributed by atoms with Gasteiger partial charge < -0.3 is 9.47 Å². The van der Waals surface area contributed by atoms with Crippen molar-refractivity contribution in [3.05, 3.63) is 54.1 Å². The molecule has 0 radical (unpaired) electrons. The zero-order valence-electron chi connectivity index (χ0n) is 16.4. The molecule has 2 aromatic rings. The van der Waals surface area contributed by atoms with Crippen molar-refractivity contribution in [3.8, 4) is 11.5 Å². The second-order valence-corrected chi connectivity index (χ2v) is 8.67. The number of alkyl halides is 3. The van der Waals surface area contributed by atoms with Gasteiger partial charge in [-0.05, 0) is 55.8 Å². The lowest BCUT2D eigenvalue weighted by Crippen LogP contribution is -2.36. The predicted molar refractivity (Wildman–Crippen MR) is 105 cm³/mol. The monoisotopic (exact) mass is 444 g/mol. The molecule has 0 bridgehead atoms. The van der Waals surface area contributed by atoms with Crippen molar-refractivity contribution >= 4 is 10.0 Å². The zero-order chi connectivity index (χ0) is 21.8. The van der Waals surface area contributed by atoms with Gasteiger partial charge in [-0.2, -0.15) is 0 Å². The molecule has 1 saturated heterocycles. The molecule has 1 aliphatic rings. The number of nitrogens with one attached hydrogen (secondary N) is 1. The molecule has 30 heavy (non-hydrogen) atoms. The molecule has 0 aliphatic carbocycles. The quantitative estimate of drug-likeness (QED) is 0.673. The Morgan fingerprint density at radius 2 is 1.73 bits per heavy atom. The summed E-state index contributed by atoms with van der Waals surface area (Å²) in [6, 6.07) is 11.5. The molecule has 1 unspecified atom stereocenters. The van der Waals surface area contributed by atoms with E-state index in [1.807, 2.05) is 24.3 Å². The highest BCUT2D eigenvalue weighted by atomic mass is 32.2. The SMILES string of the molecule is COc1ccc(C(CNS(=O)(=O)c2cccc(OC(F)(F)F)c2)N2CCCC2)cc1. The van der Waals surface area contributed by atoms with Crippen molar-refractivity contribution in [1.29, 1.82) is 0 Å². The summed E-state index contributed by atoms with van der Waals surface area (Å²) in [5.74, 6) is 0.109. The lowest BCUT2D eigenvalue weighted by molar-refractivity contribution is -0.274. The van der Waals surface area contributed by atoms with Crippen molar-refractivity contribution in [2.75, 3.05) is 26.7 Å². The smallest absolute Gasteiger partial charge is 0.497 e. The summed E-state index contributed by atoms with van der Waals surface area (Å²) in [5, 5.41) is 0. The minimum absolute atomic E-state index is 0.0824. The topological polar surface area (TPSA) is 67.9 Å². The van der Waals surface area contributed by atoms with Gasteiger partial charge in [-0.1, -0.05) is 18.2 Å². The Bertz CT molecular complexity index is 943. The molecule has 3 rings (SSSR count). The van der Waals surface area contributed by atoms with Gasteiger partial charge in [0, 0.05) is 18.7 Å². The maximum atomic E-state index is 12.7. The van der Waals surface area contributed by atoms with Crippen molar-refractivity contribution in [1.82, 2.24) is 9.62 Å². The molecule has 0 saturated carbocycles. The highest BCUT2D eigenvalue weighted by molar-refractivity contribution is 7.89. The normalized spacial score (nSPS) is 16.4. The van der Waals surface area contributed by atoms with Gasteiger partial charge in [0.1, 0.15) is 11.5 Å². The molecular formula is C20H23F3N2O4S. The number of benzene rings is 2. The fraction of sp³-hybridized carbons (Fsp3) is 0.400. The van der Waals surface area contributed by atoms with E-state index in [0.717, 1.165) is 43.6 Å². The summed E-state index contributed by atoms with van der Waals surface area (Å²) >= 11 is 0. The summed E-state index contributed by atoms with van der Waals surface area (Å²) in [7, 11) is -2.47. The standard InChI is InChI=1S/C20H23F3N2O4S/c1-28-16-9-7-15(8-10-16)19(25-11-2-3-12-25)14-24-30(26,27)18-6-4-5-17(13-18)29-20(21,22)23/h4-10,13,19,24H,2-3,11-12,14H2,1H3. The molecule has 2 aromatic carbocycles. The van der Waals surface area contributed by atoms with Crippen LogP contribution in [0.2, 0.25) is 0 Å². The highest BCUT2D eigenvalue weighted by Gasteiger charge is 2.32. The molecule has 164 valence electrons. The van der Waals surface area contributed by atoms with Crippen LogP contribution in [0.25, 0.3) is 0 Å². The first-order chi connectivity index (χ1) is 14.2. The fourth-order valence-electron chi connectivity index (χ4n) is 3.45. The molecule has 1 heterocycles. The Morgan fingerprint density at radius 3 is 2.33 bits per heavy atom. The van der Waals surface area contributed by atoms with E-state index in [1.165, 1.54) is 12.1 Å². The second-order valence-electron chi connectivity index (χ2n) is 6.91. The number of methoxy groups -OCH3 is 1. The van der Waals surface area contributed by atoms with E-state index < -0.39 is 22.1 Å². The van der Waals surface area contributed by atoms with Crippen LogP contribution in [0.4, 0.5) is 13.2 Å². The van der Waals surface area contributed by atoms with Gasteiger partial charge in [-0.3, -0.25) is 4.90 Å². The van der Waals surface area contributed by atoms with Gasteiger partial charge in [0.05, 0.1) is 12.0 Å². The van der Waals surface area contributed by atoms with Crippen LogP contribution in [0.3, 0.4) is 0 Å². The average molecular weight is 444 g/mol. The molecule has 0 spiro atoms. The third-order valence-corrected chi connectivity index (χ3v) is 6.32. The number of nitrogens with zero attached hydrogens (tertiary/aromatic N) is 1. The molecule has 10 heteroatoms. The van der Waals surface area contributed by atoms with E-state index in [9.17, 15) is 21.6 Å². The highest BCUT2D eigenvalue weighted by Crippen LogP contribution is 2.28. The van der Waals surface area contributed by atoms with E-state index in [2.05, 4.69) is 14.4 Å². The minimum atomic E-state index is -4.90. The Morgan fingerprint density at radius 1 is 1.07 bits per heavy atom. The summed E-state index contributed by atoms with van der Waals surface area (Å²) in [6.07, 6.45) is -2.85. The van der Waals surface area contributed by atoms with Crippen LogP contribution in [-0.2, 0) is 10.0 Å². The van der Waals surface area contributed by atoms with Crippen LogP contribution in [0.5, 0.6) is 11.5 Å². The summed E-state index contributed by atoms with van der Waals surface area (Å²) in [5.41, 5.74) is 0.926. The number of hydrogen-bond acceptors (Lipinski definition) is 5. The van der Waals surface area contributed by atoms with Gasteiger partial charge in [0.2, 0.25) is 10.0 Å². The van der Waals surface area contributed by atoms with E-state index >= 15 is 0 Å². The molecular weight excluding hydrogens is 421 g/mol. The first-order valence-electron chi connectivity index (χ1n) is 9.41. The van der Waals surface area contributed by atoms with Crippen molar-refractivity contribution in [2.45, 2.75) is 30.1 Å². The first kappa shape index (κ1) is 22.4. The lowest BCUT2D eigenvalue weighted by Gasteiger charge is -2.28. The van der Waals surface area contributed by atoms with Gasteiger partial charge in [0.15, 0.2) is 0 Å². The van der Waals surface area contributed by atoms with Crippen LogP contribution in [-0.4, -0.2) is 46.4 Å². The average Bonchev–Trinajstić information content (AvgIpc) is 3.22. The number of halogens is 3. The van der Waals surface area contributed by atoms with Gasteiger partial charge in [0.25, 0.3) is 0 Å². The molecule has 1 fully saturated rings. The Balaban J connectivity index is 1.77. The van der Waals surface area contributed by atoms with Crippen LogP contribution < -0.4 is 14.2 Å². The van der Waals surface area contributed by atoms with Gasteiger partial charge in [-0.15, -0.1) is 13.2 Å². The third-order valence-electron chi connectivity index (χ3n) is 4.90. The number of ether oxygens (including phenoxy) is 2. The van der Waals surface area contributed by atoms with Crippen LogP contribution in [0.1, 0.15) is 24.4 Å². The summed E-state index contributed by atoms with van der Waals surface area (Å²) in [6.45, 7) is 1.76. The van der Waals surface area contributed by atoms with Gasteiger partial charge in [-0.25, -0.2) is 13.1 Å². The number of likely N-dealkylation sites (tertiary alicyclic amines) is 1. The second kappa shape index (κ2) is 9.23. The molecule has 1 N–H and O–H groups in total. The van der Waals surface area contributed by atoms with E-state index in [4.69, 9.17) is 4.74 Å².